The number of sulfonamides is 1. The molecule has 11 heteroatoms. The molecule has 2 fully saturated rings. The molecule has 8 nitrogen and oxygen atoms in total. The Morgan fingerprint density at radius 1 is 1.03 bits per heavy atom. The van der Waals surface area contributed by atoms with Crippen molar-refractivity contribution < 1.29 is 22.7 Å². The van der Waals surface area contributed by atoms with Gasteiger partial charge in [-0.25, -0.2) is 22.8 Å². The molecule has 3 heterocycles. The van der Waals surface area contributed by atoms with E-state index in [1.807, 2.05) is 35.2 Å². The van der Waals surface area contributed by atoms with E-state index in [2.05, 4.69) is 15.9 Å². The summed E-state index contributed by atoms with van der Waals surface area (Å²) in [6.07, 6.45) is 3.28. The van der Waals surface area contributed by atoms with Crippen molar-refractivity contribution in [3.8, 4) is 11.3 Å². The van der Waals surface area contributed by atoms with Gasteiger partial charge in [-0.2, -0.15) is 4.31 Å². The molecule has 0 unspecified atom stereocenters. The Bertz CT molecular complexity index is 1440. The Hall–Kier alpha value is -2.73. The van der Waals surface area contributed by atoms with E-state index in [4.69, 9.17) is 9.97 Å². The SMILES string of the molecule is O=C(CCc1cc(-c2ccc(Br)cc2)nc(N2CCC[C@H]2CO)n1)[C@@H]1CCCN1S(=O)(=O)c1ccc(F)cc1. The van der Waals surface area contributed by atoms with Crippen LogP contribution in [0.25, 0.3) is 11.3 Å². The average molecular weight is 618 g/mol. The molecule has 0 bridgehead atoms. The number of aliphatic hydroxyl groups excluding tert-OH is 1. The van der Waals surface area contributed by atoms with Crippen LogP contribution in [0.2, 0.25) is 0 Å². The molecular weight excluding hydrogens is 587 g/mol. The number of hydrogen-bond donors (Lipinski definition) is 1. The number of nitrogens with zero attached hydrogens (tertiary/aromatic N) is 4. The van der Waals surface area contributed by atoms with Gasteiger partial charge in [0, 0.05) is 35.2 Å². The van der Waals surface area contributed by atoms with Crippen molar-refractivity contribution in [1.82, 2.24) is 14.3 Å². The van der Waals surface area contributed by atoms with Gasteiger partial charge in [-0.15, -0.1) is 0 Å². The smallest absolute Gasteiger partial charge is 0.243 e. The van der Waals surface area contributed by atoms with Gasteiger partial charge in [0.05, 0.1) is 29.3 Å². The normalized spacial score (nSPS) is 20.0. The second-order valence-electron chi connectivity index (χ2n) is 9.92. The molecule has 2 aliphatic rings. The number of halogens is 2. The summed E-state index contributed by atoms with van der Waals surface area (Å²) in [5.74, 6) is -0.164. The molecule has 0 radical (unpaired) electrons. The summed E-state index contributed by atoms with van der Waals surface area (Å²) in [5.41, 5.74) is 2.31. The zero-order valence-electron chi connectivity index (χ0n) is 21.3. The summed E-state index contributed by atoms with van der Waals surface area (Å²) >= 11 is 3.46. The van der Waals surface area contributed by atoms with E-state index >= 15 is 0 Å². The van der Waals surface area contributed by atoms with Crippen LogP contribution in [-0.2, 0) is 21.2 Å². The van der Waals surface area contributed by atoms with Crippen molar-refractivity contribution in [3.63, 3.8) is 0 Å². The lowest BCUT2D eigenvalue weighted by atomic mass is 10.0. The van der Waals surface area contributed by atoms with Crippen molar-refractivity contribution in [2.75, 3.05) is 24.6 Å². The van der Waals surface area contributed by atoms with Crippen LogP contribution in [0.5, 0.6) is 0 Å². The fourth-order valence-electron chi connectivity index (χ4n) is 5.31. The van der Waals surface area contributed by atoms with Crippen molar-refractivity contribution in [2.45, 2.75) is 55.5 Å². The van der Waals surface area contributed by atoms with Crippen LogP contribution in [0.1, 0.15) is 37.8 Å². The molecule has 2 saturated heterocycles. The number of aryl methyl sites for hydroxylation is 1. The van der Waals surface area contributed by atoms with E-state index in [9.17, 15) is 22.7 Å². The topological polar surface area (TPSA) is 104 Å². The summed E-state index contributed by atoms with van der Waals surface area (Å²) in [5, 5.41) is 9.85. The average Bonchev–Trinajstić information content (AvgIpc) is 3.63. The third-order valence-corrected chi connectivity index (χ3v) is 9.83. The number of aliphatic hydroxyl groups is 1. The quantitative estimate of drug-likeness (QED) is 0.381. The molecule has 3 aromatic rings. The lowest BCUT2D eigenvalue weighted by molar-refractivity contribution is -0.122. The van der Waals surface area contributed by atoms with Gasteiger partial charge in [0.15, 0.2) is 5.78 Å². The van der Waals surface area contributed by atoms with Crippen LogP contribution in [-0.4, -0.2) is 65.4 Å². The molecule has 1 N–H and O–H groups in total. The van der Waals surface area contributed by atoms with Crippen LogP contribution in [0.3, 0.4) is 0 Å². The maximum Gasteiger partial charge on any atom is 0.243 e. The summed E-state index contributed by atoms with van der Waals surface area (Å²) in [7, 11) is -3.92. The van der Waals surface area contributed by atoms with E-state index < -0.39 is 21.9 Å². The molecule has 2 atom stereocenters. The number of rotatable bonds is 9. The van der Waals surface area contributed by atoms with Gasteiger partial charge in [-0.1, -0.05) is 28.1 Å². The Morgan fingerprint density at radius 3 is 2.46 bits per heavy atom. The predicted molar refractivity (Wildman–Crippen MR) is 149 cm³/mol. The third kappa shape index (κ3) is 6.06. The van der Waals surface area contributed by atoms with E-state index in [-0.39, 0.29) is 36.3 Å². The van der Waals surface area contributed by atoms with Gasteiger partial charge in [0.25, 0.3) is 0 Å². The maximum atomic E-state index is 13.4. The number of ketones is 1. The van der Waals surface area contributed by atoms with Gasteiger partial charge in [0.2, 0.25) is 16.0 Å². The summed E-state index contributed by atoms with van der Waals surface area (Å²) in [6, 6.07) is 13.5. The zero-order valence-corrected chi connectivity index (χ0v) is 23.7. The van der Waals surface area contributed by atoms with Crippen LogP contribution >= 0.6 is 15.9 Å². The fourth-order valence-corrected chi connectivity index (χ4v) is 7.25. The Morgan fingerprint density at radius 2 is 1.74 bits per heavy atom. The fraction of sp³-hybridized carbons (Fsp3) is 0.393. The van der Waals surface area contributed by atoms with E-state index in [1.165, 1.54) is 16.4 Å². The number of benzene rings is 2. The van der Waals surface area contributed by atoms with Crippen LogP contribution in [0.4, 0.5) is 10.3 Å². The van der Waals surface area contributed by atoms with Gasteiger partial charge < -0.3 is 10.0 Å². The number of hydrogen-bond acceptors (Lipinski definition) is 7. The minimum absolute atomic E-state index is 0.0136. The maximum absolute atomic E-state index is 13.4. The predicted octanol–water partition coefficient (Wildman–Crippen LogP) is 4.36. The minimum Gasteiger partial charge on any atom is -0.394 e. The molecule has 0 amide bonds. The zero-order chi connectivity index (χ0) is 27.6. The Labute approximate surface area is 236 Å². The molecule has 39 heavy (non-hydrogen) atoms. The number of anilines is 1. The van der Waals surface area contributed by atoms with Gasteiger partial charge >= 0.3 is 0 Å². The highest BCUT2D eigenvalue weighted by molar-refractivity contribution is 9.10. The Kier molecular flexibility index (Phi) is 8.41. The lowest BCUT2D eigenvalue weighted by Gasteiger charge is -2.24. The van der Waals surface area contributed by atoms with Crippen molar-refractivity contribution in [3.05, 3.63) is 70.6 Å². The monoisotopic (exact) mass is 616 g/mol. The largest absolute Gasteiger partial charge is 0.394 e. The summed E-state index contributed by atoms with van der Waals surface area (Å²) in [6.45, 7) is 1.00. The van der Waals surface area contributed by atoms with E-state index in [0.29, 0.717) is 30.9 Å². The van der Waals surface area contributed by atoms with Crippen LogP contribution < -0.4 is 4.90 Å². The second kappa shape index (κ2) is 11.8. The number of carbonyl (C=O) groups is 1. The standard InChI is InChI=1S/C28H30BrFN4O4S/c29-20-7-5-19(6-8-20)25-17-22(31-28(32-25)33-15-1-3-23(33)18-35)11-14-27(36)26-4-2-16-34(26)39(37,38)24-12-9-21(30)10-13-24/h5-10,12-13,17,23,26,35H,1-4,11,14-16,18H2/t23-,26-/m0/s1. The highest BCUT2D eigenvalue weighted by Gasteiger charge is 2.39. The second-order valence-corrected chi connectivity index (χ2v) is 12.7. The first-order valence-electron chi connectivity index (χ1n) is 13.1. The van der Waals surface area contributed by atoms with Crippen LogP contribution in [0, 0.1) is 5.82 Å². The third-order valence-electron chi connectivity index (χ3n) is 7.38. The van der Waals surface area contributed by atoms with E-state index in [1.54, 1.807) is 0 Å². The molecular formula is C28H30BrFN4O4S. The molecule has 1 aromatic heterocycles. The Balaban J connectivity index is 1.37. The molecule has 2 aromatic carbocycles. The highest BCUT2D eigenvalue weighted by Crippen LogP contribution is 2.30. The van der Waals surface area contributed by atoms with Crippen molar-refractivity contribution in [2.24, 2.45) is 0 Å². The molecule has 2 aliphatic heterocycles. The summed E-state index contributed by atoms with van der Waals surface area (Å²) < 4.78 is 42.0. The molecule has 0 spiro atoms. The molecule has 5 rings (SSSR count). The van der Waals surface area contributed by atoms with Crippen LogP contribution in [0.15, 0.2) is 64.0 Å². The summed E-state index contributed by atoms with van der Waals surface area (Å²) in [4.78, 5) is 24.9. The first kappa shape index (κ1) is 27.8. The van der Waals surface area contributed by atoms with Gasteiger partial charge in [-0.3, -0.25) is 4.79 Å². The first-order chi connectivity index (χ1) is 18.8. The van der Waals surface area contributed by atoms with Gasteiger partial charge in [0.1, 0.15) is 5.82 Å². The van der Waals surface area contributed by atoms with Gasteiger partial charge in [-0.05, 0) is 74.6 Å². The molecule has 206 valence electrons. The lowest BCUT2D eigenvalue weighted by Crippen LogP contribution is -2.40. The van der Waals surface area contributed by atoms with Crippen molar-refractivity contribution in [1.29, 1.82) is 0 Å². The minimum atomic E-state index is -3.92. The van der Waals surface area contributed by atoms with E-state index in [0.717, 1.165) is 47.2 Å². The number of aromatic nitrogens is 2. The number of Topliss-reactive ketones (excluding diaryl/α,β-unsaturated/α-hetero) is 1. The number of carbonyl (C=O) groups excluding carboxylic acids is 1. The molecule has 0 aliphatic carbocycles. The first-order valence-corrected chi connectivity index (χ1v) is 15.3. The highest BCUT2D eigenvalue weighted by atomic mass is 79.9. The van der Waals surface area contributed by atoms with Crippen molar-refractivity contribution >= 4 is 37.7 Å². The molecule has 0 saturated carbocycles.